The van der Waals surface area contributed by atoms with Crippen molar-refractivity contribution >= 4 is 44.8 Å². The lowest BCUT2D eigenvalue weighted by atomic mass is 10.2. The summed E-state index contributed by atoms with van der Waals surface area (Å²) in [5, 5.41) is 2.54. The molecule has 2 aromatic rings. The number of halogens is 2. The number of fused-ring (bicyclic) bond motifs is 1. The molecule has 1 aliphatic rings. The number of nitrogens with one attached hydrogen (secondary N) is 2. The van der Waals surface area contributed by atoms with Crippen molar-refractivity contribution in [2.45, 2.75) is 17.9 Å². The van der Waals surface area contributed by atoms with Gasteiger partial charge in [0.15, 0.2) is 11.5 Å². The first kappa shape index (κ1) is 18.8. The first-order valence-electron chi connectivity index (χ1n) is 7.45. The van der Waals surface area contributed by atoms with Gasteiger partial charge in [-0.2, -0.15) is 4.72 Å². The second kappa shape index (κ2) is 7.32. The number of anilines is 1. The number of hydrogen-bond donors (Lipinski definition) is 2. The number of carbonyl (C=O) groups is 1. The summed E-state index contributed by atoms with van der Waals surface area (Å²) >= 11 is 11.9. The fraction of sp³-hybridized carbons (Fsp3) is 0.188. The molecule has 26 heavy (non-hydrogen) atoms. The average molecular weight is 417 g/mol. The zero-order chi connectivity index (χ0) is 18.9. The Hall–Kier alpha value is -2.00. The van der Waals surface area contributed by atoms with Crippen LogP contribution in [0, 0.1) is 0 Å². The zero-order valence-electron chi connectivity index (χ0n) is 13.5. The van der Waals surface area contributed by atoms with Crippen LogP contribution in [0.4, 0.5) is 5.69 Å². The zero-order valence-corrected chi connectivity index (χ0v) is 15.8. The molecule has 3 rings (SSSR count). The van der Waals surface area contributed by atoms with E-state index in [-0.39, 0.29) is 21.7 Å². The first-order chi connectivity index (χ1) is 12.3. The molecule has 0 fully saturated rings. The van der Waals surface area contributed by atoms with Gasteiger partial charge in [-0.05, 0) is 31.2 Å². The van der Waals surface area contributed by atoms with E-state index < -0.39 is 22.0 Å². The maximum absolute atomic E-state index is 12.5. The van der Waals surface area contributed by atoms with Crippen molar-refractivity contribution in [2.75, 3.05) is 12.1 Å². The first-order valence-corrected chi connectivity index (χ1v) is 9.69. The summed E-state index contributed by atoms with van der Waals surface area (Å²) in [5.74, 6) is 0.514. The highest BCUT2D eigenvalue weighted by atomic mass is 35.5. The van der Waals surface area contributed by atoms with Gasteiger partial charge in [-0.15, -0.1) is 0 Å². The maximum atomic E-state index is 12.5. The van der Waals surface area contributed by atoms with Gasteiger partial charge in [0.2, 0.25) is 22.7 Å². The van der Waals surface area contributed by atoms with E-state index in [1.807, 2.05) is 0 Å². The Morgan fingerprint density at radius 3 is 2.46 bits per heavy atom. The van der Waals surface area contributed by atoms with Crippen molar-refractivity contribution in [3.63, 3.8) is 0 Å². The molecule has 0 aromatic heterocycles. The van der Waals surface area contributed by atoms with Gasteiger partial charge in [0.25, 0.3) is 0 Å². The molecule has 1 amide bonds. The van der Waals surface area contributed by atoms with Crippen LogP contribution in [-0.4, -0.2) is 27.2 Å². The highest BCUT2D eigenvalue weighted by molar-refractivity contribution is 7.89. The standard InChI is InChI=1S/C16H14Cl2N2O5S/c1-9(20-26(22,23)15-11(17)3-2-4-12(15)18)16(21)19-10-5-6-13-14(7-10)25-8-24-13/h2-7,9,20H,8H2,1H3,(H,19,21)/t9-/m1/s1. The topological polar surface area (TPSA) is 93.7 Å². The third kappa shape index (κ3) is 3.88. The van der Waals surface area contributed by atoms with E-state index in [2.05, 4.69) is 10.0 Å². The van der Waals surface area contributed by atoms with E-state index in [1.54, 1.807) is 18.2 Å². The van der Waals surface area contributed by atoms with Crippen molar-refractivity contribution < 1.29 is 22.7 Å². The SMILES string of the molecule is C[C@@H](NS(=O)(=O)c1c(Cl)cccc1Cl)C(=O)Nc1ccc2c(c1)OCO2. The van der Waals surface area contributed by atoms with Crippen LogP contribution in [0.3, 0.4) is 0 Å². The Morgan fingerprint density at radius 1 is 1.12 bits per heavy atom. The maximum Gasteiger partial charge on any atom is 0.244 e. The minimum absolute atomic E-state index is 0.0339. The lowest BCUT2D eigenvalue weighted by Crippen LogP contribution is -2.41. The van der Waals surface area contributed by atoms with Crippen molar-refractivity contribution in [3.8, 4) is 11.5 Å². The minimum atomic E-state index is -4.09. The predicted octanol–water partition coefficient (Wildman–Crippen LogP) is 3.03. The summed E-state index contributed by atoms with van der Waals surface area (Å²) in [5.41, 5.74) is 0.445. The molecule has 0 radical (unpaired) electrons. The van der Waals surface area contributed by atoms with Crippen molar-refractivity contribution in [1.29, 1.82) is 0 Å². The number of sulfonamides is 1. The van der Waals surface area contributed by atoms with Crippen molar-refractivity contribution in [3.05, 3.63) is 46.4 Å². The van der Waals surface area contributed by atoms with Gasteiger partial charge in [0.05, 0.1) is 16.1 Å². The lowest BCUT2D eigenvalue weighted by Gasteiger charge is -2.16. The molecule has 0 saturated carbocycles. The van der Waals surface area contributed by atoms with E-state index in [0.717, 1.165) is 0 Å². The molecule has 0 saturated heterocycles. The average Bonchev–Trinajstić information content (AvgIpc) is 3.01. The fourth-order valence-electron chi connectivity index (χ4n) is 2.31. The minimum Gasteiger partial charge on any atom is -0.454 e. The van der Waals surface area contributed by atoms with Gasteiger partial charge in [0, 0.05) is 11.8 Å². The molecule has 0 unspecified atom stereocenters. The largest absolute Gasteiger partial charge is 0.454 e. The molecule has 0 aliphatic carbocycles. The van der Waals surface area contributed by atoms with Crippen LogP contribution >= 0.6 is 23.2 Å². The van der Waals surface area contributed by atoms with E-state index in [0.29, 0.717) is 17.2 Å². The molecular formula is C16H14Cl2N2O5S. The van der Waals surface area contributed by atoms with Gasteiger partial charge in [0.1, 0.15) is 4.90 Å². The predicted molar refractivity (Wildman–Crippen MR) is 97.4 cm³/mol. The van der Waals surface area contributed by atoms with Crippen LogP contribution in [0.2, 0.25) is 10.0 Å². The van der Waals surface area contributed by atoms with Crippen LogP contribution in [0.1, 0.15) is 6.92 Å². The number of hydrogen-bond acceptors (Lipinski definition) is 5. The molecule has 1 aliphatic heterocycles. The summed E-state index contributed by atoms with van der Waals surface area (Å²) in [6.07, 6.45) is 0. The number of carbonyl (C=O) groups excluding carboxylic acids is 1. The van der Waals surface area contributed by atoms with Crippen LogP contribution in [0.15, 0.2) is 41.3 Å². The summed E-state index contributed by atoms with van der Waals surface area (Å²) in [6, 6.07) is 8.12. The normalized spacial score (nSPS) is 14.1. The van der Waals surface area contributed by atoms with Crippen molar-refractivity contribution in [1.82, 2.24) is 4.72 Å². The van der Waals surface area contributed by atoms with Crippen LogP contribution in [-0.2, 0) is 14.8 Å². The highest BCUT2D eigenvalue weighted by Crippen LogP contribution is 2.34. The summed E-state index contributed by atoms with van der Waals surface area (Å²) in [7, 11) is -4.09. The third-order valence-electron chi connectivity index (χ3n) is 3.55. The Bertz CT molecular complexity index is 945. The number of ether oxygens (including phenoxy) is 2. The Labute approximate surface area is 160 Å². The lowest BCUT2D eigenvalue weighted by molar-refractivity contribution is -0.117. The molecule has 138 valence electrons. The van der Waals surface area contributed by atoms with E-state index in [1.165, 1.54) is 25.1 Å². The second-order valence-corrected chi connectivity index (χ2v) is 7.92. The van der Waals surface area contributed by atoms with Crippen LogP contribution in [0.25, 0.3) is 0 Å². The number of amides is 1. The summed E-state index contributed by atoms with van der Waals surface area (Å²) in [4.78, 5) is 12.0. The Kier molecular flexibility index (Phi) is 5.29. The quantitative estimate of drug-likeness (QED) is 0.780. The molecule has 10 heteroatoms. The fourth-order valence-corrected chi connectivity index (χ4v) is 4.66. The summed E-state index contributed by atoms with van der Waals surface area (Å²) in [6.45, 7) is 1.52. The monoisotopic (exact) mass is 416 g/mol. The third-order valence-corrected chi connectivity index (χ3v) is 6.05. The molecule has 7 nitrogen and oxygen atoms in total. The Balaban J connectivity index is 1.73. The molecule has 1 heterocycles. The molecule has 0 bridgehead atoms. The number of rotatable bonds is 5. The molecule has 2 N–H and O–H groups in total. The van der Waals surface area contributed by atoms with Gasteiger partial charge >= 0.3 is 0 Å². The van der Waals surface area contributed by atoms with Gasteiger partial charge in [-0.1, -0.05) is 29.3 Å². The van der Waals surface area contributed by atoms with E-state index in [9.17, 15) is 13.2 Å². The number of benzene rings is 2. The molecule has 2 aromatic carbocycles. The van der Waals surface area contributed by atoms with E-state index >= 15 is 0 Å². The van der Waals surface area contributed by atoms with Crippen molar-refractivity contribution in [2.24, 2.45) is 0 Å². The second-order valence-electron chi connectivity index (χ2n) is 5.45. The van der Waals surface area contributed by atoms with Gasteiger partial charge in [-0.25, -0.2) is 8.42 Å². The van der Waals surface area contributed by atoms with Crippen LogP contribution in [0.5, 0.6) is 11.5 Å². The van der Waals surface area contributed by atoms with Gasteiger partial charge in [-0.3, -0.25) is 4.79 Å². The highest BCUT2D eigenvalue weighted by Gasteiger charge is 2.26. The Morgan fingerprint density at radius 2 is 1.77 bits per heavy atom. The molecule has 1 atom stereocenters. The summed E-state index contributed by atoms with van der Waals surface area (Å²) < 4.78 is 37.7. The van der Waals surface area contributed by atoms with E-state index in [4.69, 9.17) is 32.7 Å². The van der Waals surface area contributed by atoms with Crippen LogP contribution < -0.4 is 19.5 Å². The smallest absolute Gasteiger partial charge is 0.244 e. The van der Waals surface area contributed by atoms with Gasteiger partial charge < -0.3 is 14.8 Å². The molecule has 0 spiro atoms. The molecular weight excluding hydrogens is 403 g/mol.